The van der Waals surface area contributed by atoms with Gasteiger partial charge in [0.25, 0.3) is 5.56 Å². The summed E-state index contributed by atoms with van der Waals surface area (Å²) in [5.41, 5.74) is 3.11. The molecular formula is C22H18ClN3O3S. The Labute approximate surface area is 181 Å². The van der Waals surface area contributed by atoms with E-state index in [2.05, 4.69) is 10.3 Å². The maximum Gasteiger partial charge on any atom is 0.271 e. The van der Waals surface area contributed by atoms with Crippen LogP contribution in [0.3, 0.4) is 0 Å². The number of benzene rings is 2. The minimum absolute atomic E-state index is 0.0973. The Morgan fingerprint density at radius 1 is 1.23 bits per heavy atom. The van der Waals surface area contributed by atoms with Crippen LogP contribution in [0.15, 0.2) is 65.0 Å². The van der Waals surface area contributed by atoms with Crippen LogP contribution in [0.5, 0.6) is 5.75 Å². The highest BCUT2D eigenvalue weighted by atomic mass is 35.5. The molecule has 2 aromatic heterocycles. The van der Waals surface area contributed by atoms with Gasteiger partial charge in [0.05, 0.1) is 19.0 Å². The highest BCUT2D eigenvalue weighted by molar-refractivity contribution is 7.17. The molecule has 0 radical (unpaired) electrons. The van der Waals surface area contributed by atoms with Gasteiger partial charge in [-0.05, 0) is 35.4 Å². The molecule has 4 aromatic rings. The number of halogens is 1. The predicted molar refractivity (Wildman–Crippen MR) is 119 cm³/mol. The van der Waals surface area contributed by atoms with E-state index in [4.69, 9.17) is 16.3 Å². The second kappa shape index (κ2) is 8.69. The average Bonchev–Trinajstić information content (AvgIpc) is 3.20. The summed E-state index contributed by atoms with van der Waals surface area (Å²) in [5, 5.41) is 5.36. The molecule has 0 unspecified atom stereocenters. The molecule has 4 rings (SSSR count). The number of hydrogen-bond acceptors (Lipinski definition) is 5. The van der Waals surface area contributed by atoms with Crippen molar-refractivity contribution < 1.29 is 9.53 Å². The second-order valence-corrected chi connectivity index (χ2v) is 7.96. The number of nitrogens with one attached hydrogen (secondary N) is 1. The Hall–Kier alpha value is -3.16. The first kappa shape index (κ1) is 20.1. The van der Waals surface area contributed by atoms with E-state index < -0.39 is 0 Å². The first-order valence-electron chi connectivity index (χ1n) is 9.17. The minimum Gasteiger partial charge on any atom is -0.497 e. The van der Waals surface area contributed by atoms with Gasteiger partial charge in [-0.15, -0.1) is 11.3 Å². The lowest BCUT2D eigenvalue weighted by Crippen LogP contribution is -2.31. The number of aromatic nitrogens is 2. The predicted octanol–water partition coefficient (Wildman–Crippen LogP) is 4.10. The summed E-state index contributed by atoms with van der Waals surface area (Å²) in [5.74, 6) is 0.456. The average molecular weight is 440 g/mol. The van der Waals surface area contributed by atoms with Crippen LogP contribution < -0.4 is 15.6 Å². The van der Waals surface area contributed by atoms with Gasteiger partial charge in [0, 0.05) is 22.5 Å². The number of nitrogens with zero attached hydrogens (tertiary/aromatic N) is 2. The first-order chi connectivity index (χ1) is 14.5. The largest absolute Gasteiger partial charge is 0.497 e. The molecule has 0 bridgehead atoms. The van der Waals surface area contributed by atoms with Crippen LogP contribution in [0, 0.1) is 0 Å². The number of ether oxygens (including phenoxy) is 1. The highest BCUT2D eigenvalue weighted by Gasteiger charge is 2.14. The van der Waals surface area contributed by atoms with Gasteiger partial charge in [0.2, 0.25) is 5.91 Å². The molecule has 1 amide bonds. The quantitative estimate of drug-likeness (QED) is 0.490. The van der Waals surface area contributed by atoms with Crippen molar-refractivity contribution in [3.63, 3.8) is 0 Å². The number of methoxy groups -OCH3 is 1. The van der Waals surface area contributed by atoms with Crippen molar-refractivity contribution in [2.75, 3.05) is 7.11 Å². The van der Waals surface area contributed by atoms with Crippen LogP contribution in [-0.4, -0.2) is 22.6 Å². The zero-order chi connectivity index (χ0) is 21.1. The lowest BCUT2D eigenvalue weighted by atomic mass is 10.1. The van der Waals surface area contributed by atoms with Crippen LogP contribution in [0.2, 0.25) is 5.02 Å². The molecule has 0 aliphatic rings. The maximum atomic E-state index is 12.8. The fourth-order valence-electron chi connectivity index (χ4n) is 3.08. The molecule has 0 aliphatic carbocycles. The number of amides is 1. The number of rotatable bonds is 6. The Bertz CT molecular complexity index is 1260. The summed E-state index contributed by atoms with van der Waals surface area (Å²) in [4.78, 5) is 29.6. The van der Waals surface area contributed by atoms with Gasteiger partial charge in [-0.3, -0.25) is 14.2 Å². The SMILES string of the molecule is COc1cccc(CNC(=O)Cn2cnc3c(-c4ccc(Cl)cc4)csc3c2=O)c1. The third-order valence-corrected chi connectivity index (χ3v) is 5.85. The molecule has 152 valence electrons. The smallest absolute Gasteiger partial charge is 0.271 e. The summed E-state index contributed by atoms with van der Waals surface area (Å²) >= 11 is 7.28. The van der Waals surface area contributed by atoms with Crippen molar-refractivity contribution in [1.29, 1.82) is 0 Å². The molecule has 0 aliphatic heterocycles. The topological polar surface area (TPSA) is 73.2 Å². The Morgan fingerprint density at radius 2 is 2.03 bits per heavy atom. The van der Waals surface area contributed by atoms with E-state index in [9.17, 15) is 9.59 Å². The van der Waals surface area contributed by atoms with E-state index in [0.717, 1.165) is 22.4 Å². The van der Waals surface area contributed by atoms with E-state index in [1.54, 1.807) is 19.2 Å². The molecule has 2 heterocycles. The van der Waals surface area contributed by atoms with Gasteiger partial charge >= 0.3 is 0 Å². The van der Waals surface area contributed by atoms with E-state index in [1.807, 2.05) is 41.8 Å². The number of hydrogen-bond donors (Lipinski definition) is 1. The van der Waals surface area contributed by atoms with Crippen molar-refractivity contribution in [3.05, 3.63) is 81.2 Å². The number of fused-ring (bicyclic) bond motifs is 1. The minimum atomic E-state index is -0.268. The Kier molecular flexibility index (Phi) is 5.83. The molecule has 0 atom stereocenters. The van der Waals surface area contributed by atoms with E-state index in [-0.39, 0.29) is 18.0 Å². The number of thiophene rings is 1. The molecule has 6 nitrogen and oxygen atoms in total. The molecular weight excluding hydrogens is 422 g/mol. The van der Waals surface area contributed by atoms with Gasteiger partial charge in [0.1, 0.15) is 17.0 Å². The summed E-state index contributed by atoms with van der Waals surface area (Å²) in [6.45, 7) is 0.250. The maximum absolute atomic E-state index is 12.8. The van der Waals surface area contributed by atoms with Crippen molar-refractivity contribution in [3.8, 4) is 16.9 Å². The van der Waals surface area contributed by atoms with Crippen LogP contribution >= 0.6 is 22.9 Å². The fourth-order valence-corrected chi connectivity index (χ4v) is 4.18. The summed E-state index contributed by atoms with van der Waals surface area (Å²) < 4.78 is 7.02. The zero-order valence-electron chi connectivity index (χ0n) is 16.1. The van der Waals surface area contributed by atoms with E-state index in [0.29, 0.717) is 21.8 Å². The first-order valence-corrected chi connectivity index (χ1v) is 10.4. The van der Waals surface area contributed by atoms with Gasteiger partial charge in [-0.25, -0.2) is 4.98 Å². The summed E-state index contributed by atoms with van der Waals surface area (Å²) in [6.07, 6.45) is 1.42. The molecule has 30 heavy (non-hydrogen) atoms. The fraction of sp³-hybridized carbons (Fsp3) is 0.136. The van der Waals surface area contributed by atoms with Crippen molar-refractivity contribution in [2.45, 2.75) is 13.1 Å². The Morgan fingerprint density at radius 3 is 2.80 bits per heavy atom. The highest BCUT2D eigenvalue weighted by Crippen LogP contribution is 2.31. The van der Waals surface area contributed by atoms with Crippen molar-refractivity contribution >= 4 is 39.1 Å². The molecule has 2 aromatic carbocycles. The van der Waals surface area contributed by atoms with Crippen LogP contribution in [0.25, 0.3) is 21.3 Å². The zero-order valence-corrected chi connectivity index (χ0v) is 17.7. The molecule has 0 saturated carbocycles. The molecule has 0 saturated heterocycles. The van der Waals surface area contributed by atoms with Crippen LogP contribution in [0.1, 0.15) is 5.56 Å². The molecule has 0 spiro atoms. The molecule has 0 fully saturated rings. The lowest BCUT2D eigenvalue weighted by Gasteiger charge is -2.08. The van der Waals surface area contributed by atoms with Crippen molar-refractivity contribution in [2.24, 2.45) is 0 Å². The second-order valence-electron chi connectivity index (χ2n) is 6.64. The van der Waals surface area contributed by atoms with E-state index >= 15 is 0 Å². The standard InChI is InChI=1S/C22H18ClN3O3S/c1-29-17-4-2-3-14(9-17)10-24-19(27)11-26-13-25-20-18(12-30-21(20)22(26)28)15-5-7-16(23)8-6-15/h2-9,12-13H,10-11H2,1H3,(H,24,27). The van der Waals surface area contributed by atoms with Gasteiger partial charge in [-0.1, -0.05) is 35.9 Å². The van der Waals surface area contributed by atoms with Crippen LogP contribution in [-0.2, 0) is 17.9 Å². The van der Waals surface area contributed by atoms with Gasteiger partial charge < -0.3 is 10.1 Å². The Balaban J connectivity index is 1.50. The third kappa shape index (κ3) is 4.22. The molecule has 1 N–H and O–H groups in total. The number of carbonyl (C=O) groups is 1. The normalized spacial score (nSPS) is 10.9. The van der Waals surface area contributed by atoms with E-state index in [1.165, 1.54) is 22.2 Å². The summed E-state index contributed by atoms with van der Waals surface area (Å²) in [7, 11) is 1.59. The van der Waals surface area contributed by atoms with Gasteiger partial charge in [-0.2, -0.15) is 0 Å². The number of carbonyl (C=O) groups excluding carboxylic acids is 1. The molecule has 8 heteroatoms. The third-order valence-electron chi connectivity index (χ3n) is 4.64. The monoisotopic (exact) mass is 439 g/mol. The lowest BCUT2D eigenvalue weighted by molar-refractivity contribution is -0.121. The van der Waals surface area contributed by atoms with Crippen molar-refractivity contribution in [1.82, 2.24) is 14.9 Å². The van der Waals surface area contributed by atoms with Crippen LogP contribution in [0.4, 0.5) is 0 Å². The van der Waals surface area contributed by atoms with Gasteiger partial charge in [0.15, 0.2) is 0 Å². The summed E-state index contributed by atoms with van der Waals surface area (Å²) in [6, 6.07) is 14.8.